The fourth-order valence-corrected chi connectivity index (χ4v) is 9.75. The second-order valence-electron chi connectivity index (χ2n) is 16.7. The minimum atomic E-state index is -1.76. The second kappa shape index (κ2) is 15.8. The molecule has 0 saturated carbocycles. The molecule has 6 heterocycles. The number of unbranched alkanes of at least 4 members (excludes halogenated alkanes) is 1. The SMILES string of the molecule is C=C(C[C@@]12CCC[C@@H](O1)[C@H]1O[C@]3(C[C@H]1O2)NC[C@H](C)C[C@@H]3C)[C@H]1O[C@@](O)([C@H](O)[C@@H]2CC[C@@H](C/C=C/CC/C=C/CCC(=O)O)O2)[C@H](C)C[C@@H]1C. The average Bonchev–Trinajstić information content (AvgIpc) is 3.69. The van der Waals surface area contributed by atoms with Gasteiger partial charge in [0.1, 0.15) is 17.9 Å². The molecule has 50 heavy (non-hydrogen) atoms. The first kappa shape index (κ1) is 38.1. The molecule has 6 aliphatic rings. The number of aliphatic hydroxyl groups excluding tert-OH is 1. The first-order chi connectivity index (χ1) is 23.8. The van der Waals surface area contributed by atoms with Gasteiger partial charge in [0.25, 0.3) is 0 Å². The number of carbonyl (C=O) groups is 1. The van der Waals surface area contributed by atoms with Gasteiger partial charge in [0.15, 0.2) is 11.6 Å². The van der Waals surface area contributed by atoms with Crippen LogP contribution in [0.25, 0.3) is 0 Å². The van der Waals surface area contributed by atoms with Gasteiger partial charge in [-0.2, -0.15) is 0 Å². The molecular weight excluding hydrogens is 638 g/mol. The highest BCUT2D eigenvalue weighted by Crippen LogP contribution is 2.52. The zero-order valence-corrected chi connectivity index (χ0v) is 30.8. The van der Waals surface area contributed by atoms with E-state index in [0.717, 1.165) is 69.9 Å². The van der Waals surface area contributed by atoms with Crippen molar-refractivity contribution in [2.75, 3.05) is 6.54 Å². The fraction of sp³-hybridized carbons (Fsp3) is 0.825. The molecule has 10 nitrogen and oxygen atoms in total. The van der Waals surface area contributed by atoms with Crippen LogP contribution in [0.3, 0.4) is 0 Å². The van der Waals surface area contributed by atoms with E-state index in [4.69, 9.17) is 28.8 Å². The van der Waals surface area contributed by atoms with Gasteiger partial charge in [-0.1, -0.05) is 58.6 Å². The molecule has 6 fully saturated rings. The summed E-state index contributed by atoms with van der Waals surface area (Å²) in [4.78, 5) is 10.6. The molecular formula is C40H63NO9. The fourth-order valence-electron chi connectivity index (χ4n) is 9.75. The van der Waals surface area contributed by atoms with E-state index in [-0.39, 0.29) is 48.4 Å². The van der Waals surface area contributed by atoms with E-state index in [1.54, 1.807) is 0 Å². The number of aliphatic hydroxyl groups is 2. The average molecular weight is 702 g/mol. The van der Waals surface area contributed by atoms with E-state index in [2.05, 4.69) is 44.8 Å². The monoisotopic (exact) mass is 701 g/mol. The lowest BCUT2D eigenvalue weighted by Gasteiger charge is -2.52. The Balaban J connectivity index is 1.03. The van der Waals surface area contributed by atoms with E-state index in [9.17, 15) is 15.0 Å². The van der Waals surface area contributed by atoms with E-state index < -0.39 is 35.9 Å². The highest BCUT2D eigenvalue weighted by atomic mass is 16.7. The summed E-state index contributed by atoms with van der Waals surface area (Å²) in [7, 11) is 0. The molecule has 6 saturated heterocycles. The smallest absolute Gasteiger partial charge is 0.303 e. The normalized spacial score (nSPS) is 45.3. The van der Waals surface area contributed by atoms with Crippen LogP contribution >= 0.6 is 0 Å². The lowest BCUT2D eigenvalue weighted by atomic mass is 9.77. The zero-order chi connectivity index (χ0) is 35.7. The minimum Gasteiger partial charge on any atom is -0.481 e. The van der Waals surface area contributed by atoms with Crippen molar-refractivity contribution < 1.29 is 43.8 Å². The van der Waals surface area contributed by atoms with Gasteiger partial charge in [-0.05, 0) is 87.5 Å². The van der Waals surface area contributed by atoms with Crippen molar-refractivity contribution in [2.24, 2.45) is 23.7 Å². The number of carboxylic acids is 1. The summed E-state index contributed by atoms with van der Waals surface area (Å²) in [6, 6.07) is 0. The lowest BCUT2D eigenvalue weighted by molar-refractivity contribution is -0.361. The molecule has 4 N–H and O–H groups in total. The van der Waals surface area contributed by atoms with E-state index >= 15 is 0 Å². The van der Waals surface area contributed by atoms with Crippen LogP contribution in [0.2, 0.25) is 0 Å². The molecule has 14 atom stereocenters. The Morgan fingerprint density at radius 3 is 2.44 bits per heavy atom. The number of allylic oxidation sites excluding steroid dienone is 3. The largest absolute Gasteiger partial charge is 0.481 e. The number of piperidine rings is 1. The van der Waals surface area contributed by atoms with Crippen molar-refractivity contribution in [2.45, 2.75) is 178 Å². The van der Waals surface area contributed by atoms with Crippen LogP contribution in [-0.2, 0) is 28.5 Å². The summed E-state index contributed by atoms with van der Waals surface area (Å²) >= 11 is 0. The third-order valence-electron chi connectivity index (χ3n) is 12.5. The Kier molecular flexibility index (Phi) is 12.0. The molecule has 0 aromatic carbocycles. The summed E-state index contributed by atoms with van der Waals surface area (Å²) in [5.74, 6) is -2.52. The Morgan fingerprint density at radius 1 is 0.940 bits per heavy atom. The Bertz CT molecular complexity index is 1260. The van der Waals surface area contributed by atoms with Crippen LogP contribution in [0.5, 0.6) is 0 Å². The Morgan fingerprint density at radius 2 is 1.68 bits per heavy atom. The number of ether oxygens (including phenoxy) is 5. The molecule has 282 valence electrons. The predicted octanol–water partition coefficient (Wildman–Crippen LogP) is 6.15. The standard InChI is InChI=1S/C40H63NO9/c1-25-20-28(4)39(41-24-25)23-33-36(49-39)31-15-13-19-38(47-31,48-33)22-27(3)35-26(2)21-29(5)40(45,50-35)37(44)32-18-17-30(46-32)14-11-9-7-6-8-10-12-16-34(42)43/h8-11,25-26,28-33,35-37,41,44-45H,3,6-7,12-24H2,1-2,4-5H3,(H,42,43)/b10-8+,11-9+/t25-,26+,28+,29-,30-,31-,32+,33-,35+,36-,37-,38+,39+,40-/m1/s1. The molecule has 2 bridgehead atoms. The van der Waals surface area contributed by atoms with Gasteiger partial charge in [0.05, 0.1) is 30.5 Å². The third kappa shape index (κ3) is 8.13. The molecule has 1 spiro atoms. The van der Waals surface area contributed by atoms with E-state index in [1.165, 1.54) is 0 Å². The minimum absolute atomic E-state index is 0.0268. The van der Waals surface area contributed by atoms with Crippen LogP contribution in [0.15, 0.2) is 36.5 Å². The van der Waals surface area contributed by atoms with Crippen LogP contribution in [0.4, 0.5) is 0 Å². The van der Waals surface area contributed by atoms with Gasteiger partial charge in [-0.25, -0.2) is 0 Å². The lowest BCUT2D eigenvalue weighted by Crippen LogP contribution is -2.61. The Hall–Kier alpha value is -1.63. The van der Waals surface area contributed by atoms with Crippen LogP contribution in [0, 0.1) is 23.7 Å². The van der Waals surface area contributed by atoms with Gasteiger partial charge in [0, 0.05) is 38.1 Å². The maximum absolute atomic E-state index is 12.0. The molecule has 0 aromatic heterocycles. The highest BCUT2D eigenvalue weighted by molar-refractivity contribution is 5.66. The van der Waals surface area contributed by atoms with Crippen LogP contribution < -0.4 is 5.32 Å². The van der Waals surface area contributed by atoms with Crippen molar-refractivity contribution in [3.63, 3.8) is 0 Å². The van der Waals surface area contributed by atoms with Gasteiger partial charge >= 0.3 is 5.97 Å². The number of fused-ring (bicyclic) bond motifs is 4. The topological polar surface area (TPSA) is 136 Å². The van der Waals surface area contributed by atoms with Gasteiger partial charge in [0.2, 0.25) is 0 Å². The summed E-state index contributed by atoms with van der Waals surface area (Å²) < 4.78 is 33.3. The molecule has 6 aliphatic heterocycles. The maximum Gasteiger partial charge on any atom is 0.303 e. The Labute approximate surface area is 299 Å². The van der Waals surface area contributed by atoms with Gasteiger partial charge in [-0.15, -0.1) is 0 Å². The maximum atomic E-state index is 12.0. The summed E-state index contributed by atoms with van der Waals surface area (Å²) in [5.41, 5.74) is 0.457. The molecule has 0 unspecified atom stereocenters. The first-order valence-corrected chi connectivity index (χ1v) is 19.5. The van der Waals surface area contributed by atoms with Crippen LogP contribution in [-0.4, -0.2) is 87.9 Å². The second-order valence-corrected chi connectivity index (χ2v) is 16.7. The molecule has 0 radical (unpaired) electrons. The van der Waals surface area contributed by atoms with Crippen molar-refractivity contribution in [3.05, 3.63) is 36.5 Å². The zero-order valence-electron chi connectivity index (χ0n) is 30.8. The van der Waals surface area contributed by atoms with Crippen LogP contribution in [0.1, 0.15) is 118 Å². The van der Waals surface area contributed by atoms with Crippen molar-refractivity contribution in [3.8, 4) is 0 Å². The predicted molar refractivity (Wildman–Crippen MR) is 189 cm³/mol. The number of nitrogens with one attached hydrogen (secondary N) is 1. The summed E-state index contributed by atoms with van der Waals surface area (Å²) in [5, 5.41) is 36.1. The number of hydrogen-bond acceptors (Lipinski definition) is 9. The first-order valence-electron chi connectivity index (χ1n) is 19.5. The quantitative estimate of drug-likeness (QED) is 0.131. The number of aliphatic carboxylic acids is 1. The summed E-state index contributed by atoms with van der Waals surface area (Å²) in [6.45, 7) is 14.1. The van der Waals surface area contributed by atoms with Crippen molar-refractivity contribution in [1.29, 1.82) is 0 Å². The van der Waals surface area contributed by atoms with Crippen molar-refractivity contribution >= 4 is 5.97 Å². The molecule has 10 heteroatoms. The molecule has 6 rings (SSSR count). The highest BCUT2D eigenvalue weighted by Gasteiger charge is 2.61. The summed E-state index contributed by atoms with van der Waals surface area (Å²) in [6.07, 6.45) is 16.2. The third-order valence-corrected chi connectivity index (χ3v) is 12.5. The molecule has 0 aromatic rings. The van der Waals surface area contributed by atoms with E-state index in [1.807, 2.05) is 19.1 Å². The number of rotatable bonds is 13. The molecule has 0 aliphatic carbocycles. The number of hydrogen-bond donors (Lipinski definition) is 4. The van der Waals surface area contributed by atoms with Gasteiger partial charge < -0.3 is 39.0 Å². The number of carboxylic acid groups (broad SMARTS) is 1. The van der Waals surface area contributed by atoms with Gasteiger partial charge in [-0.3, -0.25) is 10.1 Å². The molecule has 0 amide bonds. The van der Waals surface area contributed by atoms with E-state index in [0.29, 0.717) is 37.5 Å². The van der Waals surface area contributed by atoms with Crippen molar-refractivity contribution in [1.82, 2.24) is 5.32 Å².